The van der Waals surface area contributed by atoms with Gasteiger partial charge in [0.2, 0.25) is 5.91 Å². The molecule has 0 spiro atoms. The van der Waals surface area contributed by atoms with Crippen molar-refractivity contribution in [3.05, 3.63) is 59.7 Å². The Balaban J connectivity index is 1.95. The van der Waals surface area contributed by atoms with Gasteiger partial charge in [-0.25, -0.2) is 4.99 Å². The van der Waals surface area contributed by atoms with Crippen LogP contribution < -0.4 is 5.32 Å². The van der Waals surface area contributed by atoms with Crippen molar-refractivity contribution in [1.82, 2.24) is 4.90 Å². The molecule has 26 heavy (non-hydrogen) atoms. The molecule has 6 heteroatoms. The lowest BCUT2D eigenvalue weighted by molar-refractivity contribution is -0.124. The van der Waals surface area contributed by atoms with Gasteiger partial charge in [-0.3, -0.25) is 14.5 Å². The molecular weight excluding hydrogens is 346 g/mol. The van der Waals surface area contributed by atoms with E-state index in [1.807, 2.05) is 43.3 Å². The van der Waals surface area contributed by atoms with Crippen molar-refractivity contribution >= 4 is 40.0 Å². The summed E-state index contributed by atoms with van der Waals surface area (Å²) < 4.78 is 0. The molecule has 1 N–H and O–H groups in total. The molecule has 1 fully saturated rings. The molecular formula is C20H21N3O2S. The van der Waals surface area contributed by atoms with Gasteiger partial charge < -0.3 is 5.32 Å². The molecule has 1 amide bonds. The maximum absolute atomic E-state index is 12.3. The lowest BCUT2D eigenvalue weighted by atomic mass is 10.1. The summed E-state index contributed by atoms with van der Waals surface area (Å²) in [6.07, 6.45) is 0. The number of Topliss-reactive ketones (excluding diaryl/α,β-unsaturated/α-hetero) is 1. The molecule has 0 bridgehead atoms. The minimum Gasteiger partial charge on any atom is -0.384 e. The van der Waals surface area contributed by atoms with Crippen LogP contribution in [0.25, 0.3) is 0 Å². The molecule has 1 heterocycles. The lowest BCUT2D eigenvalue weighted by Gasteiger charge is -2.17. The predicted molar refractivity (Wildman–Crippen MR) is 107 cm³/mol. The number of carbonyl (C=O) groups excluding carboxylic acids is 2. The van der Waals surface area contributed by atoms with Crippen molar-refractivity contribution in [2.24, 2.45) is 4.99 Å². The Morgan fingerprint density at radius 1 is 1.23 bits per heavy atom. The fourth-order valence-electron chi connectivity index (χ4n) is 2.69. The quantitative estimate of drug-likeness (QED) is 0.782. The molecule has 0 aromatic heterocycles. The maximum atomic E-state index is 12.3. The highest BCUT2D eigenvalue weighted by Gasteiger charge is 2.28. The molecule has 1 aliphatic rings. The van der Waals surface area contributed by atoms with E-state index in [0.717, 1.165) is 17.8 Å². The summed E-state index contributed by atoms with van der Waals surface area (Å²) in [6, 6.07) is 15.3. The Bertz CT molecular complexity index is 849. The first-order chi connectivity index (χ1) is 12.6. The first-order valence-electron chi connectivity index (χ1n) is 8.53. The Labute approximate surface area is 157 Å². The van der Waals surface area contributed by atoms with Crippen LogP contribution in [0.3, 0.4) is 0 Å². The van der Waals surface area contributed by atoms with Crippen LogP contribution in [-0.2, 0) is 11.3 Å². The molecule has 2 aromatic rings. The zero-order valence-corrected chi connectivity index (χ0v) is 15.7. The van der Waals surface area contributed by atoms with Crippen LogP contribution in [0.15, 0.2) is 53.5 Å². The van der Waals surface area contributed by atoms with E-state index in [1.54, 1.807) is 17.0 Å². The smallest absolute Gasteiger partial charge is 0.239 e. The second kappa shape index (κ2) is 8.19. The van der Waals surface area contributed by atoms with Gasteiger partial charge in [0.05, 0.1) is 23.7 Å². The molecule has 2 aromatic carbocycles. The monoisotopic (exact) mass is 367 g/mol. The van der Waals surface area contributed by atoms with Gasteiger partial charge in [-0.2, -0.15) is 0 Å². The van der Waals surface area contributed by atoms with Crippen molar-refractivity contribution < 1.29 is 9.59 Å². The highest BCUT2D eigenvalue weighted by atomic mass is 32.2. The molecule has 1 saturated heterocycles. The average molecular weight is 367 g/mol. The van der Waals surface area contributed by atoms with E-state index in [4.69, 9.17) is 4.99 Å². The Morgan fingerprint density at radius 2 is 2.00 bits per heavy atom. The van der Waals surface area contributed by atoms with E-state index in [0.29, 0.717) is 28.7 Å². The van der Waals surface area contributed by atoms with Gasteiger partial charge in [-0.1, -0.05) is 42.1 Å². The number of anilines is 1. The fraction of sp³-hybridized carbons (Fsp3) is 0.250. The molecule has 0 radical (unpaired) electrons. The normalized spacial score (nSPS) is 15.5. The predicted octanol–water partition coefficient (Wildman–Crippen LogP) is 4.08. The molecule has 0 unspecified atom stereocenters. The van der Waals surface area contributed by atoms with Gasteiger partial charge in [0.1, 0.15) is 0 Å². The Morgan fingerprint density at radius 3 is 2.69 bits per heavy atom. The number of aliphatic imine (C=N–C) groups is 1. The number of nitrogens with zero attached hydrogens (tertiary/aromatic N) is 2. The zero-order valence-electron chi connectivity index (χ0n) is 14.9. The molecule has 0 aliphatic carbocycles. The summed E-state index contributed by atoms with van der Waals surface area (Å²) in [5, 5.41) is 3.93. The largest absolute Gasteiger partial charge is 0.384 e. The van der Waals surface area contributed by atoms with Gasteiger partial charge in [0.15, 0.2) is 11.0 Å². The number of amidine groups is 1. The van der Waals surface area contributed by atoms with Gasteiger partial charge >= 0.3 is 0 Å². The molecule has 134 valence electrons. The first kappa shape index (κ1) is 18.2. The van der Waals surface area contributed by atoms with E-state index in [1.165, 1.54) is 18.7 Å². The maximum Gasteiger partial charge on any atom is 0.239 e. The van der Waals surface area contributed by atoms with Crippen LogP contribution in [0.2, 0.25) is 0 Å². The van der Waals surface area contributed by atoms with E-state index < -0.39 is 0 Å². The van der Waals surface area contributed by atoms with Crippen molar-refractivity contribution in [1.29, 1.82) is 0 Å². The average Bonchev–Trinajstić information content (AvgIpc) is 2.97. The minimum atomic E-state index is -0.00853. The zero-order chi connectivity index (χ0) is 18.5. The third-order valence-corrected chi connectivity index (χ3v) is 4.99. The number of hydrogen-bond donors (Lipinski definition) is 1. The van der Waals surface area contributed by atoms with E-state index in [2.05, 4.69) is 5.32 Å². The molecule has 0 saturated carbocycles. The summed E-state index contributed by atoms with van der Waals surface area (Å²) in [6.45, 7) is 4.78. The number of amides is 1. The number of benzene rings is 2. The summed E-state index contributed by atoms with van der Waals surface area (Å²) in [5.41, 5.74) is 3.19. The van der Waals surface area contributed by atoms with Crippen LogP contribution in [0.1, 0.15) is 29.8 Å². The number of nitrogens with one attached hydrogen (secondary N) is 1. The number of thioether (sulfide) groups is 1. The molecule has 1 aliphatic heterocycles. The topological polar surface area (TPSA) is 61.8 Å². The van der Waals surface area contributed by atoms with Crippen molar-refractivity contribution in [2.75, 3.05) is 17.6 Å². The lowest BCUT2D eigenvalue weighted by Crippen LogP contribution is -2.28. The standard InChI is InChI=1S/C20H21N3O2S/c1-3-21-17-10-9-16(14(2)24)11-18(17)22-20-23(19(25)13-26-20)12-15-7-5-4-6-8-15/h4-11,21H,3,12-13H2,1-2H3/b22-20+. The summed E-state index contributed by atoms with van der Waals surface area (Å²) >= 11 is 1.43. The van der Waals surface area contributed by atoms with Crippen molar-refractivity contribution in [3.63, 3.8) is 0 Å². The number of ketones is 1. The third kappa shape index (κ3) is 4.14. The van der Waals surface area contributed by atoms with Crippen molar-refractivity contribution in [2.45, 2.75) is 20.4 Å². The summed E-state index contributed by atoms with van der Waals surface area (Å²) in [7, 11) is 0. The second-order valence-corrected chi connectivity index (χ2v) is 6.91. The van der Waals surface area contributed by atoms with Crippen molar-refractivity contribution in [3.8, 4) is 0 Å². The summed E-state index contributed by atoms with van der Waals surface area (Å²) in [5.74, 6) is 0.422. The highest BCUT2D eigenvalue weighted by Crippen LogP contribution is 2.31. The van der Waals surface area contributed by atoms with Crippen LogP contribution >= 0.6 is 11.8 Å². The third-order valence-electron chi connectivity index (χ3n) is 4.03. The van der Waals surface area contributed by atoms with Gasteiger partial charge in [0.25, 0.3) is 0 Å². The number of rotatable bonds is 6. The minimum absolute atomic E-state index is 0.00853. The van der Waals surface area contributed by atoms with Gasteiger partial charge in [-0.05, 0) is 37.6 Å². The van der Waals surface area contributed by atoms with Crippen LogP contribution in [0, 0.1) is 0 Å². The van der Waals surface area contributed by atoms with Crippen LogP contribution in [0.4, 0.5) is 11.4 Å². The molecule has 5 nitrogen and oxygen atoms in total. The van der Waals surface area contributed by atoms with Gasteiger partial charge in [0, 0.05) is 12.1 Å². The molecule has 0 atom stereocenters. The van der Waals surface area contributed by atoms with E-state index in [9.17, 15) is 9.59 Å². The first-order valence-corrected chi connectivity index (χ1v) is 9.51. The van der Waals surface area contributed by atoms with Gasteiger partial charge in [-0.15, -0.1) is 0 Å². The van der Waals surface area contributed by atoms with Crippen LogP contribution in [0.5, 0.6) is 0 Å². The number of carbonyl (C=O) groups is 2. The summed E-state index contributed by atoms with van der Waals surface area (Å²) in [4.78, 5) is 30.5. The highest BCUT2D eigenvalue weighted by molar-refractivity contribution is 8.15. The van der Waals surface area contributed by atoms with E-state index in [-0.39, 0.29) is 11.7 Å². The molecule has 3 rings (SSSR count). The fourth-order valence-corrected chi connectivity index (χ4v) is 3.58. The second-order valence-electron chi connectivity index (χ2n) is 5.97. The number of hydrogen-bond acceptors (Lipinski definition) is 5. The van der Waals surface area contributed by atoms with E-state index >= 15 is 0 Å². The Hall–Kier alpha value is -2.60. The van der Waals surface area contributed by atoms with Crippen LogP contribution in [-0.4, -0.2) is 34.1 Å². The SMILES string of the molecule is CCNc1ccc(C(C)=O)cc1/N=C1/SCC(=O)N1Cc1ccccc1. The Kier molecular flexibility index (Phi) is 5.73.